The van der Waals surface area contributed by atoms with Gasteiger partial charge in [-0.15, -0.1) is 11.3 Å². The second-order valence-electron chi connectivity index (χ2n) is 5.79. The molecule has 0 spiro atoms. The predicted molar refractivity (Wildman–Crippen MR) is 95.1 cm³/mol. The van der Waals surface area contributed by atoms with Crippen molar-refractivity contribution >= 4 is 27.3 Å². The van der Waals surface area contributed by atoms with Crippen LogP contribution in [0.5, 0.6) is 11.5 Å². The number of hydrogen-bond acceptors (Lipinski definition) is 4. The molecule has 4 rings (SSSR count). The van der Waals surface area contributed by atoms with Crippen LogP contribution >= 0.6 is 11.3 Å². The SMILES string of the molecule is CN(Cc1ccc2c(c1)OCCO2)C(=O)c1cc2ccccc2s1. The highest BCUT2D eigenvalue weighted by molar-refractivity contribution is 7.20. The van der Waals surface area contributed by atoms with E-state index in [9.17, 15) is 4.79 Å². The number of amides is 1. The number of fused-ring (bicyclic) bond motifs is 2. The third-order valence-electron chi connectivity index (χ3n) is 4.01. The Hall–Kier alpha value is -2.53. The number of hydrogen-bond donors (Lipinski definition) is 0. The van der Waals surface area contributed by atoms with E-state index in [2.05, 4.69) is 0 Å². The molecule has 122 valence electrons. The molecule has 1 aliphatic heterocycles. The van der Waals surface area contributed by atoms with Crippen molar-refractivity contribution in [2.45, 2.75) is 6.54 Å². The molecule has 1 amide bonds. The van der Waals surface area contributed by atoms with Crippen LogP contribution in [0.15, 0.2) is 48.5 Å². The third-order valence-corrected chi connectivity index (χ3v) is 5.11. The zero-order valence-electron chi connectivity index (χ0n) is 13.3. The van der Waals surface area contributed by atoms with Crippen molar-refractivity contribution < 1.29 is 14.3 Å². The highest BCUT2D eigenvalue weighted by Crippen LogP contribution is 2.31. The molecule has 0 radical (unpaired) electrons. The van der Waals surface area contributed by atoms with Gasteiger partial charge in [0.25, 0.3) is 5.91 Å². The molecule has 0 atom stereocenters. The second kappa shape index (κ2) is 6.17. The lowest BCUT2D eigenvalue weighted by Gasteiger charge is -2.21. The molecule has 1 aromatic heterocycles. The van der Waals surface area contributed by atoms with Gasteiger partial charge < -0.3 is 14.4 Å². The number of carbonyl (C=O) groups excluding carboxylic acids is 1. The number of carbonyl (C=O) groups is 1. The normalized spacial score (nSPS) is 13.0. The van der Waals surface area contributed by atoms with Gasteiger partial charge in [0.2, 0.25) is 0 Å². The van der Waals surface area contributed by atoms with Crippen LogP contribution in [0.2, 0.25) is 0 Å². The Balaban J connectivity index is 1.52. The fraction of sp³-hybridized carbons (Fsp3) is 0.211. The molecule has 3 aromatic rings. The van der Waals surface area contributed by atoms with E-state index in [1.165, 1.54) is 11.3 Å². The number of ether oxygens (including phenoxy) is 2. The first-order valence-corrected chi connectivity index (χ1v) is 8.65. The fourth-order valence-corrected chi connectivity index (χ4v) is 3.86. The first-order chi connectivity index (χ1) is 11.7. The minimum atomic E-state index is 0.0334. The van der Waals surface area contributed by atoms with Gasteiger partial charge in [-0.05, 0) is 35.2 Å². The molecular weight excluding hydrogens is 322 g/mol. The molecule has 0 saturated heterocycles. The summed E-state index contributed by atoms with van der Waals surface area (Å²) in [5, 5.41) is 1.11. The van der Waals surface area contributed by atoms with Crippen molar-refractivity contribution in [1.29, 1.82) is 0 Å². The van der Waals surface area contributed by atoms with Gasteiger partial charge in [0.05, 0.1) is 4.88 Å². The van der Waals surface area contributed by atoms with E-state index in [1.807, 2.05) is 55.6 Å². The Morgan fingerprint density at radius 1 is 1.08 bits per heavy atom. The van der Waals surface area contributed by atoms with E-state index in [1.54, 1.807) is 4.90 Å². The Kier molecular flexibility index (Phi) is 3.86. The molecular formula is C19H17NO3S. The maximum atomic E-state index is 12.7. The van der Waals surface area contributed by atoms with Crippen molar-refractivity contribution in [3.8, 4) is 11.5 Å². The van der Waals surface area contributed by atoms with Crippen molar-refractivity contribution in [2.75, 3.05) is 20.3 Å². The van der Waals surface area contributed by atoms with Gasteiger partial charge in [-0.2, -0.15) is 0 Å². The minimum Gasteiger partial charge on any atom is -0.486 e. The standard InChI is InChI=1S/C19H17NO3S/c1-20(12-13-6-7-15-16(10-13)23-9-8-22-15)19(21)18-11-14-4-2-3-5-17(14)24-18/h2-7,10-11H,8-9,12H2,1H3. The molecule has 0 saturated carbocycles. The number of benzene rings is 2. The van der Waals surface area contributed by atoms with E-state index in [4.69, 9.17) is 9.47 Å². The highest BCUT2D eigenvalue weighted by Gasteiger charge is 2.17. The van der Waals surface area contributed by atoms with Gasteiger partial charge >= 0.3 is 0 Å². The maximum Gasteiger partial charge on any atom is 0.264 e. The molecule has 2 aromatic carbocycles. The molecule has 5 heteroatoms. The van der Waals surface area contributed by atoms with Crippen molar-refractivity contribution in [3.05, 3.63) is 59.0 Å². The Morgan fingerprint density at radius 2 is 1.88 bits per heavy atom. The molecule has 1 aliphatic rings. The highest BCUT2D eigenvalue weighted by atomic mass is 32.1. The van der Waals surface area contributed by atoms with E-state index < -0.39 is 0 Å². The lowest BCUT2D eigenvalue weighted by Crippen LogP contribution is -2.25. The van der Waals surface area contributed by atoms with Crippen LogP contribution in [0, 0.1) is 0 Å². The van der Waals surface area contributed by atoms with Crippen LogP contribution in [0.4, 0.5) is 0 Å². The van der Waals surface area contributed by atoms with Crippen LogP contribution < -0.4 is 9.47 Å². The van der Waals surface area contributed by atoms with E-state index >= 15 is 0 Å². The number of nitrogens with zero attached hydrogens (tertiary/aromatic N) is 1. The van der Waals surface area contributed by atoms with Crippen LogP contribution in [-0.4, -0.2) is 31.1 Å². The Morgan fingerprint density at radius 3 is 2.71 bits per heavy atom. The van der Waals surface area contributed by atoms with Gasteiger partial charge in [0.15, 0.2) is 11.5 Å². The molecule has 0 bridgehead atoms. The lowest BCUT2D eigenvalue weighted by atomic mass is 10.2. The fourth-order valence-electron chi connectivity index (χ4n) is 2.81. The van der Waals surface area contributed by atoms with Gasteiger partial charge in [-0.25, -0.2) is 0 Å². The van der Waals surface area contributed by atoms with Gasteiger partial charge in [0.1, 0.15) is 13.2 Å². The van der Waals surface area contributed by atoms with Gasteiger partial charge in [0, 0.05) is 18.3 Å². The van der Waals surface area contributed by atoms with Crippen LogP contribution in [0.1, 0.15) is 15.2 Å². The zero-order valence-corrected chi connectivity index (χ0v) is 14.1. The predicted octanol–water partition coefficient (Wildman–Crippen LogP) is 3.94. The van der Waals surface area contributed by atoms with Crippen LogP contribution in [-0.2, 0) is 6.54 Å². The molecule has 0 unspecified atom stereocenters. The van der Waals surface area contributed by atoms with Crippen molar-refractivity contribution in [2.24, 2.45) is 0 Å². The lowest BCUT2D eigenvalue weighted by molar-refractivity contribution is 0.0789. The van der Waals surface area contributed by atoms with Crippen LogP contribution in [0.25, 0.3) is 10.1 Å². The second-order valence-corrected chi connectivity index (χ2v) is 6.87. The third kappa shape index (κ3) is 2.83. The summed E-state index contributed by atoms with van der Waals surface area (Å²) in [4.78, 5) is 15.2. The summed E-state index contributed by atoms with van der Waals surface area (Å²) < 4.78 is 12.3. The zero-order chi connectivity index (χ0) is 16.5. The molecule has 24 heavy (non-hydrogen) atoms. The van der Waals surface area contributed by atoms with Crippen molar-refractivity contribution in [3.63, 3.8) is 0 Å². The molecule has 4 nitrogen and oxygen atoms in total. The summed E-state index contributed by atoms with van der Waals surface area (Å²) in [5.74, 6) is 1.55. The molecule has 0 fully saturated rings. The molecule has 0 aliphatic carbocycles. The first-order valence-electron chi connectivity index (χ1n) is 7.83. The van der Waals surface area contributed by atoms with E-state index in [-0.39, 0.29) is 5.91 Å². The quantitative estimate of drug-likeness (QED) is 0.725. The summed E-state index contributed by atoms with van der Waals surface area (Å²) in [6.07, 6.45) is 0. The maximum absolute atomic E-state index is 12.7. The Labute approximate surface area is 144 Å². The van der Waals surface area contributed by atoms with Crippen molar-refractivity contribution in [1.82, 2.24) is 4.90 Å². The average Bonchev–Trinajstić information content (AvgIpc) is 3.05. The monoisotopic (exact) mass is 339 g/mol. The van der Waals surface area contributed by atoms with Gasteiger partial charge in [-0.3, -0.25) is 4.79 Å². The topological polar surface area (TPSA) is 38.8 Å². The summed E-state index contributed by atoms with van der Waals surface area (Å²) >= 11 is 1.53. The minimum absolute atomic E-state index is 0.0334. The molecule has 0 N–H and O–H groups in total. The number of thiophene rings is 1. The van der Waals surface area contributed by atoms with E-state index in [0.717, 1.165) is 32.0 Å². The smallest absolute Gasteiger partial charge is 0.264 e. The average molecular weight is 339 g/mol. The summed E-state index contributed by atoms with van der Waals surface area (Å²) in [5.41, 5.74) is 1.02. The van der Waals surface area contributed by atoms with Crippen LogP contribution in [0.3, 0.4) is 0 Å². The summed E-state index contributed by atoms with van der Waals surface area (Å²) in [6, 6.07) is 15.8. The van der Waals surface area contributed by atoms with E-state index in [0.29, 0.717) is 19.8 Å². The Bertz CT molecular complexity index is 870. The summed E-state index contributed by atoms with van der Waals surface area (Å²) in [6.45, 7) is 1.67. The largest absolute Gasteiger partial charge is 0.486 e. The summed E-state index contributed by atoms with van der Waals surface area (Å²) in [7, 11) is 1.82. The van der Waals surface area contributed by atoms with Gasteiger partial charge in [-0.1, -0.05) is 24.3 Å². The molecule has 2 heterocycles. The first kappa shape index (κ1) is 15.0. The number of rotatable bonds is 3.